The van der Waals surface area contributed by atoms with Crippen molar-refractivity contribution in [2.75, 3.05) is 13.7 Å². The molecule has 2 rings (SSSR count). The molecule has 0 saturated carbocycles. The predicted octanol–water partition coefficient (Wildman–Crippen LogP) is 1.74. The van der Waals surface area contributed by atoms with E-state index in [-0.39, 0.29) is 18.4 Å². The molecule has 1 aliphatic heterocycles. The van der Waals surface area contributed by atoms with Crippen LogP contribution in [-0.4, -0.2) is 37.7 Å². The molecule has 1 amide bonds. The van der Waals surface area contributed by atoms with Crippen molar-refractivity contribution in [3.63, 3.8) is 0 Å². The maximum atomic E-state index is 13.3. The van der Waals surface area contributed by atoms with Gasteiger partial charge in [-0.2, -0.15) is 0 Å². The van der Waals surface area contributed by atoms with Crippen molar-refractivity contribution < 1.29 is 18.7 Å². The van der Waals surface area contributed by atoms with Gasteiger partial charge in [0.15, 0.2) is 0 Å². The van der Waals surface area contributed by atoms with Gasteiger partial charge < -0.3 is 15.4 Å². The van der Waals surface area contributed by atoms with Crippen molar-refractivity contribution in [1.82, 2.24) is 10.6 Å². The Hall–Kier alpha value is -1.95. The van der Waals surface area contributed by atoms with E-state index in [0.29, 0.717) is 18.5 Å². The van der Waals surface area contributed by atoms with Crippen LogP contribution in [0.15, 0.2) is 24.3 Å². The number of nitrogens with one attached hydrogen (secondary N) is 2. The molecule has 1 heterocycles. The molecule has 6 heteroatoms. The largest absolute Gasteiger partial charge is 0.465 e. The van der Waals surface area contributed by atoms with Crippen LogP contribution in [0, 0.1) is 0 Å². The zero-order valence-electron chi connectivity index (χ0n) is 12.8. The number of amides is 1. The Morgan fingerprint density at radius 1 is 1.36 bits per heavy atom. The van der Waals surface area contributed by atoms with Crippen molar-refractivity contribution in [3.8, 4) is 0 Å². The zero-order chi connectivity index (χ0) is 16.1. The molecule has 2 N–H and O–H groups in total. The average Bonchev–Trinajstić information content (AvgIpc) is 2.54. The number of hydrogen-bond donors (Lipinski definition) is 2. The van der Waals surface area contributed by atoms with Crippen LogP contribution >= 0.6 is 0 Å². The molecule has 1 aliphatic rings. The summed E-state index contributed by atoms with van der Waals surface area (Å²) in [6.45, 7) is 2.36. The molecule has 1 saturated heterocycles. The summed E-state index contributed by atoms with van der Waals surface area (Å²) in [6.07, 6.45) is -0.264. The Morgan fingerprint density at radius 2 is 2.05 bits per heavy atom. The third kappa shape index (κ3) is 4.04. The van der Waals surface area contributed by atoms with E-state index in [4.69, 9.17) is 0 Å². The van der Waals surface area contributed by atoms with Crippen molar-refractivity contribution in [2.24, 2.45) is 0 Å². The van der Waals surface area contributed by atoms with E-state index in [1.54, 1.807) is 24.3 Å². The zero-order valence-corrected chi connectivity index (χ0v) is 12.8. The van der Waals surface area contributed by atoms with Crippen LogP contribution in [0.1, 0.15) is 41.7 Å². The average molecular weight is 308 g/mol. The molecule has 120 valence electrons. The quantitative estimate of drug-likeness (QED) is 0.832. The molecule has 0 bridgehead atoms. The lowest BCUT2D eigenvalue weighted by molar-refractivity contribution is -0.124. The van der Waals surface area contributed by atoms with Crippen LogP contribution in [0.5, 0.6) is 0 Å². The Kier molecular flexibility index (Phi) is 5.49. The van der Waals surface area contributed by atoms with E-state index in [0.717, 1.165) is 5.56 Å². The lowest BCUT2D eigenvalue weighted by Crippen LogP contribution is -2.49. The highest BCUT2D eigenvalue weighted by Crippen LogP contribution is 2.16. The topological polar surface area (TPSA) is 67.4 Å². The van der Waals surface area contributed by atoms with Gasteiger partial charge in [0.1, 0.15) is 6.17 Å². The van der Waals surface area contributed by atoms with Crippen molar-refractivity contribution >= 4 is 11.9 Å². The molecule has 0 spiro atoms. The second kappa shape index (κ2) is 7.35. The number of carbonyl (C=O) groups is 2. The van der Waals surface area contributed by atoms with Crippen LogP contribution in [0.25, 0.3) is 0 Å². The third-order valence-electron chi connectivity index (χ3n) is 3.85. The van der Waals surface area contributed by atoms with Crippen LogP contribution < -0.4 is 10.6 Å². The molecule has 1 fully saturated rings. The highest BCUT2D eigenvalue weighted by Gasteiger charge is 2.27. The van der Waals surface area contributed by atoms with Crippen molar-refractivity contribution in [3.05, 3.63) is 35.4 Å². The summed E-state index contributed by atoms with van der Waals surface area (Å²) in [4.78, 5) is 23.5. The van der Waals surface area contributed by atoms with Gasteiger partial charge in [-0.25, -0.2) is 9.18 Å². The van der Waals surface area contributed by atoms with Crippen LogP contribution in [0.3, 0.4) is 0 Å². The molecule has 1 aromatic rings. The van der Waals surface area contributed by atoms with Gasteiger partial charge >= 0.3 is 5.97 Å². The van der Waals surface area contributed by atoms with Gasteiger partial charge in [-0.1, -0.05) is 12.1 Å². The molecule has 0 aromatic heterocycles. The highest BCUT2D eigenvalue weighted by molar-refractivity contribution is 5.89. The minimum absolute atomic E-state index is 0.202. The van der Waals surface area contributed by atoms with E-state index in [2.05, 4.69) is 15.4 Å². The Balaban J connectivity index is 1.95. The number of hydrogen-bond acceptors (Lipinski definition) is 4. The fourth-order valence-electron chi connectivity index (χ4n) is 2.49. The summed E-state index contributed by atoms with van der Waals surface area (Å²) in [7, 11) is 1.33. The van der Waals surface area contributed by atoms with Gasteiger partial charge in [0.05, 0.1) is 24.8 Å². The monoisotopic (exact) mass is 308 g/mol. The number of carbonyl (C=O) groups excluding carboxylic acids is 2. The SMILES string of the molecule is COC(=O)c1ccc([C@H](C)NC(=O)[C@H]2CC(F)CCN2)cc1. The molecule has 0 radical (unpaired) electrons. The van der Waals surface area contributed by atoms with Crippen molar-refractivity contribution in [1.29, 1.82) is 0 Å². The van der Waals surface area contributed by atoms with E-state index < -0.39 is 18.2 Å². The molecule has 5 nitrogen and oxygen atoms in total. The van der Waals surface area contributed by atoms with E-state index in [1.165, 1.54) is 7.11 Å². The second-order valence-corrected chi connectivity index (χ2v) is 5.47. The fourth-order valence-corrected chi connectivity index (χ4v) is 2.49. The van der Waals surface area contributed by atoms with Gasteiger partial charge in [-0.05, 0) is 37.6 Å². The predicted molar refractivity (Wildman–Crippen MR) is 80.3 cm³/mol. The minimum atomic E-state index is -0.924. The van der Waals surface area contributed by atoms with Gasteiger partial charge in [-0.3, -0.25) is 4.79 Å². The smallest absolute Gasteiger partial charge is 0.337 e. The lowest BCUT2D eigenvalue weighted by Gasteiger charge is -2.26. The van der Waals surface area contributed by atoms with E-state index in [1.807, 2.05) is 6.92 Å². The van der Waals surface area contributed by atoms with Crippen molar-refractivity contribution in [2.45, 2.75) is 38.0 Å². The van der Waals surface area contributed by atoms with E-state index in [9.17, 15) is 14.0 Å². The lowest BCUT2D eigenvalue weighted by atomic mass is 10.0. The highest BCUT2D eigenvalue weighted by atomic mass is 19.1. The summed E-state index contributed by atoms with van der Waals surface area (Å²) >= 11 is 0. The molecule has 0 aliphatic carbocycles. The number of piperidine rings is 1. The molecular formula is C16H21FN2O3. The summed E-state index contributed by atoms with van der Waals surface area (Å²) in [5, 5.41) is 5.89. The molecular weight excluding hydrogens is 287 g/mol. The van der Waals surface area contributed by atoms with Crippen LogP contribution in [0.2, 0.25) is 0 Å². The van der Waals surface area contributed by atoms with Gasteiger partial charge in [0, 0.05) is 6.42 Å². The van der Waals surface area contributed by atoms with E-state index >= 15 is 0 Å². The maximum Gasteiger partial charge on any atom is 0.337 e. The molecule has 1 aromatic carbocycles. The number of rotatable bonds is 4. The standard InChI is InChI=1S/C16H21FN2O3/c1-10(11-3-5-12(6-4-11)16(21)22-2)19-15(20)14-9-13(17)7-8-18-14/h3-6,10,13-14,18H,7-9H2,1-2H3,(H,19,20)/t10-,13?,14+/m0/s1. The van der Waals surface area contributed by atoms with Crippen LogP contribution in [-0.2, 0) is 9.53 Å². The first-order valence-corrected chi connectivity index (χ1v) is 7.37. The number of ether oxygens (including phenoxy) is 1. The van der Waals surface area contributed by atoms with Gasteiger partial charge in [0.25, 0.3) is 0 Å². The van der Waals surface area contributed by atoms with Gasteiger partial charge in [-0.15, -0.1) is 0 Å². The molecule has 3 atom stereocenters. The number of methoxy groups -OCH3 is 1. The fraction of sp³-hybridized carbons (Fsp3) is 0.500. The first-order chi connectivity index (χ1) is 10.5. The number of halogens is 1. The number of alkyl halides is 1. The third-order valence-corrected chi connectivity index (χ3v) is 3.85. The summed E-state index contributed by atoms with van der Waals surface area (Å²) in [5.41, 5.74) is 1.33. The van der Waals surface area contributed by atoms with Gasteiger partial charge in [0.2, 0.25) is 5.91 Å². The summed E-state index contributed by atoms with van der Waals surface area (Å²) in [5.74, 6) is -0.601. The summed E-state index contributed by atoms with van der Waals surface area (Å²) < 4.78 is 18.0. The maximum absolute atomic E-state index is 13.3. The normalized spacial score (nSPS) is 22.7. The molecule has 1 unspecified atom stereocenters. The Labute approximate surface area is 129 Å². The number of esters is 1. The minimum Gasteiger partial charge on any atom is -0.465 e. The summed E-state index contributed by atoms with van der Waals surface area (Å²) in [6, 6.07) is 6.13. The molecule has 22 heavy (non-hydrogen) atoms. The Bertz CT molecular complexity index is 533. The first kappa shape index (κ1) is 16.4. The Morgan fingerprint density at radius 3 is 2.64 bits per heavy atom. The van der Waals surface area contributed by atoms with Crippen LogP contribution in [0.4, 0.5) is 4.39 Å². The number of benzene rings is 1. The first-order valence-electron chi connectivity index (χ1n) is 7.37. The second-order valence-electron chi connectivity index (χ2n) is 5.47.